The molecular weight excluding hydrogens is 262 g/mol. The van der Waals surface area contributed by atoms with Gasteiger partial charge >= 0.3 is 5.69 Å². The number of likely N-dealkylation sites (tertiary alicyclic amines) is 1. The van der Waals surface area contributed by atoms with E-state index in [4.69, 9.17) is 0 Å². The Hall–Kier alpha value is -1.55. The lowest BCUT2D eigenvalue weighted by Gasteiger charge is -2.36. The number of aromatic amines is 1. The van der Waals surface area contributed by atoms with Crippen LogP contribution in [0.25, 0.3) is 11.0 Å². The van der Waals surface area contributed by atoms with Gasteiger partial charge in [0.2, 0.25) is 0 Å². The van der Waals surface area contributed by atoms with Gasteiger partial charge in [-0.3, -0.25) is 4.57 Å². The molecule has 1 saturated heterocycles. The Balaban J connectivity index is 1.77. The predicted molar refractivity (Wildman–Crippen MR) is 86.7 cm³/mol. The first-order chi connectivity index (χ1) is 9.94. The van der Waals surface area contributed by atoms with Crippen molar-refractivity contribution < 1.29 is 0 Å². The quantitative estimate of drug-likeness (QED) is 0.922. The van der Waals surface area contributed by atoms with Gasteiger partial charge < -0.3 is 9.88 Å². The van der Waals surface area contributed by atoms with Crippen LogP contribution in [0.3, 0.4) is 0 Å². The third-order valence-corrected chi connectivity index (χ3v) is 4.24. The molecule has 1 fully saturated rings. The van der Waals surface area contributed by atoms with E-state index in [1.807, 2.05) is 28.8 Å². The number of rotatable bonds is 2. The van der Waals surface area contributed by atoms with Crippen LogP contribution in [-0.4, -0.2) is 34.1 Å². The smallest absolute Gasteiger partial charge is 0.306 e. The molecule has 0 spiro atoms. The average Bonchev–Trinajstić information content (AvgIpc) is 2.74. The van der Waals surface area contributed by atoms with E-state index in [1.165, 1.54) is 0 Å². The van der Waals surface area contributed by atoms with Gasteiger partial charge in [0.1, 0.15) is 0 Å². The summed E-state index contributed by atoms with van der Waals surface area (Å²) in [6, 6.07) is 8.30. The summed E-state index contributed by atoms with van der Waals surface area (Å²) < 4.78 is 1.96. The van der Waals surface area contributed by atoms with Gasteiger partial charge in [-0.2, -0.15) is 0 Å². The number of hydrogen-bond acceptors (Lipinski definition) is 2. The summed E-state index contributed by atoms with van der Waals surface area (Å²) in [6.07, 6.45) is 2.11. The summed E-state index contributed by atoms with van der Waals surface area (Å²) >= 11 is 0. The first-order valence-corrected chi connectivity index (χ1v) is 7.86. The molecule has 1 N–H and O–H groups in total. The minimum Gasteiger partial charge on any atom is -0.306 e. The van der Waals surface area contributed by atoms with E-state index >= 15 is 0 Å². The lowest BCUT2D eigenvalue weighted by molar-refractivity contribution is 0.139. The third-order valence-electron chi connectivity index (χ3n) is 4.24. The molecule has 0 saturated carbocycles. The predicted octanol–water partition coefficient (Wildman–Crippen LogP) is 3.01. The van der Waals surface area contributed by atoms with E-state index in [1.54, 1.807) is 0 Å². The molecule has 0 aliphatic carbocycles. The first kappa shape index (κ1) is 14.4. The van der Waals surface area contributed by atoms with E-state index in [9.17, 15) is 4.79 Å². The third kappa shape index (κ3) is 3.05. The van der Waals surface area contributed by atoms with Gasteiger partial charge in [0, 0.05) is 25.7 Å². The SMILES string of the molecule is CC(C)(C)CN1CCC(n2c(=O)[nH]c3ccccc32)CC1. The lowest BCUT2D eigenvalue weighted by Crippen LogP contribution is -2.40. The van der Waals surface area contributed by atoms with Crippen molar-refractivity contribution in [2.24, 2.45) is 5.41 Å². The number of imidazole rings is 1. The van der Waals surface area contributed by atoms with Crippen molar-refractivity contribution in [2.75, 3.05) is 19.6 Å². The van der Waals surface area contributed by atoms with Crippen molar-refractivity contribution in [3.63, 3.8) is 0 Å². The summed E-state index contributed by atoms with van der Waals surface area (Å²) in [4.78, 5) is 17.7. The molecule has 4 heteroatoms. The fraction of sp³-hybridized carbons (Fsp3) is 0.588. The molecule has 1 aromatic carbocycles. The maximum Gasteiger partial charge on any atom is 0.326 e. The fourth-order valence-electron chi connectivity index (χ4n) is 3.44. The zero-order valence-corrected chi connectivity index (χ0v) is 13.2. The molecule has 1 aliphatic rings. The minimum absolute atomic E-state index is 0.0328. The van der Waals surface area contributed by atoms with Crippen LogP contribution >= 0.6 is 0 Å². The van der Waals surface area contributed by atoms with Gasteiger partial charge in [-0.25, -0.2) is 4.79 Å². The number of nitrogens with zero attached hydrogens (tertiary/aromatic N) is 2. The summed E-state index contributed by atoms with van der Waals surface area (Å²) in [5, 5.41) is 0. The number of H-pyrrole nitrogens is 1. The standard InChI is InChI=1S/C17H25N3O/c1-17(2,3)12-19-10-8-13(9-11-19)20-15-7-5-4-6-14(15)18-16(20)21/h4-7,13H,8-12H2,1-3H3,(H,18,21). The van der Waals surface area contributed by atoms with Crippen LogP contribution in [0.15, 0.2) is 29.1 Å². The molecule has 21 heavy (non-hydrogen) atoms. The van der Waals surface area contributed by atoms with Crippen LogP contribution in [0.4, 0.5) is 0 Å². The molecule has 2 heterocycles. The topological polar surface area (TPSA) is 41.0 Å². The highest BCUT2D eigenvalue weighted by Crippen LogP contribution is 2.26. The highest BCUT2D eigenvalue weighted by atomic mass is 16.1. The van der Waals surface area contributed by atoms with Crippen LogP contribution in [0, 0.1) is 5.41 Å². The van der Waals surface area contributed by atoms with Crippen molar-refractivity contribution in [3.8, 4) is 0 Å². The molecule has 1 aliphatic heterocycles. The molecule has 0 amide bonds. The van der Waals surface area contributed by atoms with Crippen molar-refractivity contribution in [3.05, 3.63) is 34.7 Å². The molecule has 1 aromatic heterocycles. The molecule has 0 unspecified atom stereocenters. The van der Waals surface area contributed by atoms with Gasteiger partial charge in [0.05, 0.1) is 11.0 Å². The highest BCUT2D eigenvalue weighted by molar-refractivity contribution is 5.75. The van der Waals surface area contributed by atoms with Gasteiger partial charge in [-0.1, -0.05) is 32.9 Å². The second kappa shape index (κ2) is 5.34. The van der Waals surface area contributed by atoms with Crippen LogP contribution in [-0.2, 0) is 0 Å². The number of hydrogen-bond donors (Lipinski definition) is 1. The van der Waals surface area contributed by atoms with E-state index in [2.05, 4.69) is 30.7 Å². The molecule has 4 nitrogen and oxygen atoms in total. The Morgan fingerprint density at radius 3 is 2.52 bits per heavy atom. The Kier molecular flexibility index (Phi) is 3.66. The first-order valence-electron chi connectivity index (χ1n) is 7.86. The monoisotopic (exact) mass is 287 g/mol. The largest absolute Gasteiger partial charge is 0.326 e. The Bertz CT molecular complexity index is 669. The van der Waals surface area contributed by atoms with E-state index in [-0.39, 0.29) is 5.69 Å². The number of nitrogens with one attached hydrogen (secondary N) is 1. The molecule has 0 radical (unpaired) electrons. The molecule has 0 bridgehead atoms. The molecule has 3 rings (SSSR count). The molecule has 114 valence electrons. The van der Waals surface area contributed by atoms with Crippen LogP contribution in [0.5, 0.6) is 0 Å². The van der Waals surface area contributed by atoms with Crippen LogP contribution in [0.1, 0.15) is 39.7 Å². The lowest BCUT2D eigenvalue weighted by atomic mass is 9.94. The second-order valence-corrected chi connectivity index (χ2v) is 7.39. The van der Waals surface area contributed by atoms with Gasteiger partial charge in [0.25, 0.3) is 0 Å². The Morgan fingerprint density at radius 2 is 1.86 bits per heavy atom. The fourth-order valence-corrected chi connectivity index (χ4v) is 3.44. The van der Waals surface area contributed by atoms with Crippen molar-refractivity contribution in [1.82, 2.24) is 14.5 Å². The summed E-state index contributed by atoms with van der Waals surface area (Å²) in [5.41, 5.74) is 2.35. The van der Waals surface area contributed by atoms with Gasteiger partial charge in [0.15, 0.2) is 0 Å². The van der Waals surface area contributed by atoms with Gasteiger partial charge in [-0.05, 0) is 30.4 Å². The minimum atomic E-state index is 0.0328. The highest BCUT2D eigenvalue weighted by Gasteiger charge is 2.25. The number of piperidine rings is 1. The Labute approximate surface area is 125 Å². The number of aromatic nitrogens is 2. The van der Waals surface area contributed by atoms with Crippen LogP contribution < -0.4 is 5.69 Å². The van der Waals surface area contributed by atoms with Crippen molar-refractivity contribution in [2.45, 2.75) is 39.7 Å². The maximum atomic E-state index is 12.2. The average molecular weight is 287 g/mol. The molecule has 2 aromatic rings. The zero-order valence-electron chi connectivity index (χ0n) is 13.2. The number of fused-ring (bicyclic) bond motifs is 1. The number of para-hydroxylation sites is 2. The molecule has 0 atom stereocenters. The van der Waals surface area contributed by atoms with Crippen LogP contribution in [0.2, 0.25) is 0 Å². The molecular formula is C17H25N3O. The summed E-state index contributed by atoms with van der Waals surface area (Å²) in [6.45, 7) is 10.1. The van der Waals surface area contributed by atoms with Gasteiger partial charge in [-0.15, -0.1) is 0 Å². The Morgan fingerprint density at radius 1 is 1.19 bits per heavy atom. The van der Waals surface area contributed by atoms with Crippen molar-refractivity contribution >= 4 is 11.0 Å². The van der Waals surface area contributed by atoms with E-state index in [0.29, 0.717) is 11.5 Å². The normalized spacial score (nSPS) is 18.4. The second-order valence-electron chi connectivity index (χ2n) is 7.39. The number of benzene rings is 1. The van der Waals surface area contributed by atoms with Crippen molar-refractivity contribution in [1.29, 1.82) is 0 Å². The van der Waals surface area contributed by atoms with E-state index < -0.39 is 0 Å². The zero-order chi connectivity index (χ0) is 15.0. The maximum absolute atomic E-state index is 12.2. The van der Waals surface area contributed by atoms with E-state index in [0.717, 1.165) is 43.5 Å². The summed E-state index contributed by atoms with van der Waals surface area (Å²) in [7, 11) is 0. The summed E-state index contributed by atoms with van der Waals surface area (Å²) in [5.74, 6) is 0.